The Hall–Kier alpha value is -1.29. The molecule has 1 aromatic rings. The molecule has 3 N–H and O–H groups in total. The van der Waals surface area contributed by atoms with E-state index >= 15 is 0 Å². The standard InChI is InChI=1S/C13H22N4/c1-9-6-13(15-8-12(9)14)16-11-4-5-17(3)10(2)7-11/h6,8,10-11H,4-5,7,14H2,1-3H3,(H,15,16). The summed E-state index contributed by atoms with van der Waals surface area (Å²) in [6.07, 6.45) is 4.07. The van der Waals surface area contributed by atoms with E-state index in [0.29, 0.717) is 12.1 Å². The molecule has 94 valence electrons. The summed E-state index contributed by atoms with van der Waals surface area (Å²) in [6, 6.07) is 3.19. The molecule has 4 nitrogen and oxygen atoms in total. The lowest BCUT2D eigenvalue weighted by Crippen LogP contribution is -2.42. The topological polar surface area (TPSA) is 54.2 Å². The summed E-state index contributed by atoms with van der Waals surface area (Å²) >= 11 is 0. The number of hydrogen-bond donors (Lipinski definition) is 2. The Labute approximate surface area is 103 Å². The number of nitrogens with zero attached hydrogens (tertiary/aromatic N) is 2. The van der Waals surface area contributed by atoms with Crippen LogP contribution in [0.15, 0.2) is 12.3 Å². The molecule has 2 atom stereocenters. The van der Waals surface area contributed by atoms with Crippen molar-refractivity contribution in [2.75, 3.05) is 24.6 Å². The van der Waals surface area contributed by atoms with Crippen LogP contribution < -0.4 is 11.1 Å². The van der Waals surface area contributed by atoms with Gasteiger partial charge in [-0.2, -0.15) is 0 Å². The van der Waals surface area contributed by atoms with Crippen molar-refractivity contribution in [2.24, 2.45) is 0 Å². The van der Waals surface area contributed by atoms with Gasteiger partial charge in [-0.1, -0.05) is 0 Å². The van der Waals surface area contributed by atoms with Gasteiger partial charge in [-0.15, -0.1) is 0 Å². The van der Waals surface area contributed by atoms with Crippen LogP contribution in [0.5, 0.6) is 0 Å². The molecule has 0 saturated carbocycles. The van der Waals surface area contributed by atoms with Crippen LogP contribution in [0.3, 0.4) is 0 Å². The fourth-order valence-electron chi connectivity index (χ4n) is 2.28. The maximum atomic E-state index is 5.77. The lowest BCUT2D eigenvalue weighted by molar-refractivity contribution is 0.190. The maximum absolute atomic E-state index is 5.77. The van der Waals surface area contributed by atoms with Gasteiger partial charge in [0.15, 0.2) is 0 Å². The highest BCUT2D eigenvalue weighted by atomic mass is 15.2. The lowest BCUT2D eigenvalue weighted by atomic mass is 9.99. The molecule has 0 radical (unpaired) electrons. The number of aryl methyl sites for hydroxylation is 1. The Morgan fingerprint density at radius 1 is 1.53 bits per heavy atom. The van der Waals surface area contributed by atoms with E-state index in [-0.39, 0.29) is 0 Å². The Bertz CT molecular complexity index is 391. The highest BCUT2D eigenvalue weighted by Gasteiger charge is 2.22. The van der Waals surface area contributed by atoms with E-state index in [4.69, 9.17) is 5.73 Å². The van der Waals surface area contributed by atoms with Gasteiger partial charge in [-0.25, -0.2) is 4.98 Å². The zero-order chi connectivity index (χ0) is 12.4. The zero-order valence-corrected chi connectivity index (χ0v) is 10.9. The smallest absolute Gasteiger partial charge is 0.126 e. The highest BCUT2D eigenvalue weighted by molar-refractivity contribution is 5.51. The first kappa shape index (κ1) is 12.2. The first-order valence-electron chi connectivity index (χ1n) is 6.25. The van der Waals surface area contributed by atoms with E-state index in [0.717, 1.165) is 23.6 Å². The van der Waals surface area contributed by atoms with Gasteiger partial charge >= 0.3 is 0 Å². The molecular weight excluding hydrogens is 212 g/mol. The van der Waals surface area contributed by atoms with Crippen LogP contribution in [0.4, 0.5) is 11.5 Å². The molecule has 2 unspecified atom stereocenters. The summed E-state index contributed by atoms with van der Waals surface area (Å²) in [7, 11) is 2.19. The van der Waals surface area contributed by atoms with Crippen LogP contribution in [0.1, 0.15) is 25.3 Å². The summed E-state index contributed by atoms with van der Waals surface area (Å²) < 4.78 is 0. The van der Waals surface area contributed by atoms with Gasteiger partial charge in [-0.3, -0.25) is 0 Å². The van der Waals surface area contributed by atoms with E-state index in [2.05, 4.69) is 29.2 Å². The molecule has 1 fully saturated rings. The third kappa shape index (κ3) is 2.88. The third-order valence-electron chi connectivity index (χ3n) is 3.71. The summed E-state index contributed by atoms with van der Waals surface area (Å²) in [5.74, 6) is 0.943. The van der Waals surface area contributed by atoms with Gasteiger partial charge in [0.25, 0.3) is 0 Å². The fraction of sp³-hybridized carbons (Fsp3) is 0.615. The van der Waals surface area contributed by atoms with Crippen molar-refractivity contribution in [1.29, 1.82) is 0 Å². The molecule has 1 aliphatic heterocycles. The number of rotatable bonds is 2. The van der Waals surface area contributed by atoms with Crippen molar-refractivity contribution in [3.8, 4) is 0 Å². The van der Waals surface area contributed by atoms with Crippen LogP contribution in [-0.4, -0.2) is 35.6 Å². The second kappa shape index (κ2) is 4.92. The SMILES string of the molecule is Cc1cc(NC2CCN(C)C(C)C2)ncc1N. The van der Waals surface area contributed by atoms with Gasteiger partial charge in [0, 0.05) is 18.6 Å². The van der Waals surface area contributed by atoms with Gasteiger partial charge in [0.05, 0.1) is 11.9 Å². The van der Waals surface area contributed by atoms with Crippen molar-refractivity contribution >= 4 is 11.5 Å². The van der Waals surface area contributed by atoms with E-state index in [1.165, 1.54) is 12.8 Å². The number of piperidine rings is 1. The van der Waals surface area contributed by atoms with Gasteiger partial charge < -0.3 is 16.0 Å². The first-order valence-corrected chi connectivity index (χ1v) is 6.25. The molecule has 2 rings (SSSR count). The Balaban J connectivity index is 1.99. The summed E-state index contributed by atoms with van der Waals surface area (Å²) in [6.45, 7) is 5.43. The van der Waals surface area contributed by atoms with E-state index in [9.17, 15) is 0 Å². The average molecular weight is 234 g/mol. The van der Waals surface area contributed by atoms with E-state index in [1.54, 1.807) is 6.20 Å². The van der Waals surface area contributed by atoms with Gasteiger partial charge in [0.1, 0.15) is 5.82 Å². The minimum Gasteiger partial charge on any atom is -0.397 e. The number of nitrogens with two attached hydrogens (primary N) is 1. The Morgan fingerprint density at radius 2 is 2.29 bits per heavy atom. The minimum atomic E-state index is 0.525. The molecule has 1 aromatic heterocycles. The van der Waals surface area contributed by atoms with Gasteiger partial charge in [0.2, 0.25) is 0 Å². The Morgan fingerprint density at radius 3 is 2.94 bits per heavy atom. The third-order valence-corrected chi connectivity index (χ3v) is 3.71. The first-order chi connectivity index (χ1) is 8.06. The molecule has 0 aliphatic carbocycles. The molecule has 17 heavy (non-hydrogen) atoms. The summed E-state index contributed by atoms with van der Waals surface area (Å²) in [5, 5.41) is 3.51. The molecule has 4 heteroatoms. The van der Waals surface area contributed by atoms with Crippen LogP contribution >= 0.6 is 0 Å². The van der Waals surface area contributed by atoms with Crippen molar-refractivity contribution in [3.05, 3.63) is 17.8 Å². The summed E-state index contributed by atoms with van der Waals surface area (Å²) in [5.41, 5.74) is 7.61. The highest BCUT2D eigenvalue weighted by Crippen LogP contribution is 2.20. The van der Waals surface area contributed by atoms with Crippen molar-refractivity contribution in [1.82, 2.24) is 9.88 Å². The molecule has 1 aliphatic rings. The molecule has 1 saturated heterocycles. The normalized spacial score (nSPS) is 25.8. The van der Waals surface area contributed by atoms with Crippen molar-refractivity contribution in [3.63, 3.8) is 0 Å². The quantitative estimate of drug-likeness (QED) is 0.820. The number of nitrogens with one attached hydrogen (secondary N) is 1. The van der Waals surface area contributed by atoms with Crippen LogP contribution in [0.2, 0.25) is 0 Å². The second-order valence-corrected chi connectivity index (χ2v) is 5.12. The fourth-order valence-corrected chi connectivity index (χ4v) is 2.28. The summed E-state index contributed by atoms with van der Waals surface area (Å²) in [4.78, 5) is 6.73. The monoisotopic (exact) mass is 234 g/mol. The zero-order valence-electron chi connectivity index (χ0n) is 10.9. The van der Waals surface area contributed by atoms with E-state index < -0.39 is 0 Å². The lowest BCUT2D eigenvalue weighted by Gasteiger charge is -2.35. The number of likely N-dealkylation sites (tertiary alicyclic amines) is 1. The molecule has 2 heterocycles. The second-order valence-electron chi connectivity index (χ2n) is 5.12. The number of hydrogen-bond acceptors (Lipinski definition) is 4. The van der Waals surface area contributed by atoms with Crippen LogP contribution in [0, 0.1) is 6.92 Å². The van der Waals surface area contributed by atoms with Crippen molar-refractivity contribution in [2.45, 2.75) is 38.8 Å². The number of anilines is 2. The molecular formula is C13H22N4. The predicted molar refractivity (Wildman–Crippen MR) is 72.1 cm³/mol. The number of aromatic nitrogens is 1. The number of nitrogen functional groups attached to an aromatic ring is 1. The van der Waals surface area contributed by atoms with Crippen molar-refractivity contribution < 1.29 is 0 Å². The molecule has 0 amide bonds. The largest absolute Gasteiger partial charge is 0.397 e. The van der Waals surface area contributed by atoms with Gasteiger partial charge in [-0.05, 0) is 45.4 Å². The molecule has 0 spiro atoms. The maximum Gasteiger partial charge on any atom is 0.126 e. The Kier molecular flexibility index (Phi) is 3.52. The molecule has 0 aromatic carbocycles. The van der Waals surface area contributed by atoms with Crippen LogP contribution in [0.25, 0.3) is 0 Å². The number of pyridine rings is 1. The average Bonchev–Trinajstić information content (AvgIpc) is 2.29. The minimum absolute atomic E-state index is 0.525. The van der Waals surface area contributed by atoms with E-state index in [1.807, 2.05) is 13.0 Å². The molecule has 0 bridgehead atoms. The van der Waals surface area contributed by atoms with Crippen LogP contribution in [-0.2, 0) is 0 Å². The predicted octanol–water partition coefficient (Wildman–Crippen LogP) is 1.87.